The maximum atomic E-state index is 12.7. The Morgan fingerprint density at radius 2 is 1.50 bits per heavy atom. The van der Waals surface area contributed by atoms with Crippen LogP contribution in [0.15, 0.2) is 24.3 Å². The zero-order chi connectivity index (χ0) is 12.6. The molecule has 0 saturated carbocycles. The molecule has 0 aliphatic heterocycles. The topological polar surface area (TPSA) is 0 Å². The van der Waals surface area contributed by atoms with Crippen molar-refractivity contribution in [2.24, 2.45) is 0 Å². The van der Waals surface area contributed by atoms with Crippen molar-refractivity contribution in [1.82, 2.24) is 0 Å². The average Bonchev–Trinajstić information content (AvgIpc) is 2.14. The lowest BCUT2D eigenvalue weighted by molar-refractivity contribution is -0.183. The molecule has 0 spiro atoms. The highest BCUT2D eigenvalue weighted by Gasteiger charge is 2.42. The predicted molar refractivity (Wildman–Crippen MR) is 41.3 cm³/mol. The zero-order valence-electron chi connectivity index (χ0n) is 7.53. The number of rotatable bonds is 1. The summed E-state index contributed by atoms with van der Waals surface area (Å²) in [6.07, 6.45) is -13.4. The van der Waals surface area contributed by atoms with E-state index in [0.717, 1.165) is 6.07 Å². The lowest BCUT2D eigenvalue weighted by Gasteiger charge is -2.14. The summed E-state index contributed by atoms with van der Waals surface area (Å²) < 4.78 is 84.8. The Morgan fingerprint density at radius 3 is 1.94 bits per heavy atom. The molecule has 0 aliphatic rings. The minimum Gasteiger partial charge on any atom is -0.232 e. The van der Waals surface area contributed by atoms with Gasteiger partial charge in [-0.3, -0.25) is 0 Å². The van der Waals surface area contributed by atoms with E-state index < -0.39 is 29.7 Å². The largest absolute Gasteiger partial charge is 0.423 e. The molecule has 0 heterocycles. The molecule has 1 aromatic rings. The van der Waals surface area contributed by atoms with Crippen molar-refractivity contribution in [2.75, 3.05) is 0 Å². The van der Waals surface area contributed by atoms with E-state index in [2.05, 4.69) is 0 Å². The molecule has 0 bridgehead atoms. The first-order chi connectivity index (χ1) is 7.12. The van der Waals surface area contributed by atoms with E-state index in [1.807, 2.05) is 0 Å². The Bertz CT molecular complexity index is 363. The first kappa shape index (κ1) is 12.8. The molecule has 0 amide bonds. The van der Waals surface area contributed by atoms with Gasteiger partial charge in [-0.1, -0.05) is 12.1 Å². The number of hydrogen-bond acceptors (Lipinski definition) is 0. The van der Waals surface area contributed by atoms with Gasteiger partial charge >= 0.3 is 12.4 Å². The van der Waals surface area contributed by atoms with Crippen molar-refractivity contribution in [3.63, 3.8) is 0 Å². The Morgan fingerprint density at radius 1 is 0.938 bits per heavy atom. The molecular formula is C9H5F7. The van der Waals surface area contributed by atoms with Crippen LogP contribution in [0.1, 0.15) is 17.3 Å². The number of benzene rings is 1. The van der Waals surface area contributed by atoms with Crippen molar-refractivity contribution in [3.8, 4) is 0 Å². The molecule has 90 valence electrons. The predicted octanol–water partition coefficient (Wildman–Crippen LogP) is 4.28. The van der Waals surface area contributed by atoms with Gasteiger partial charge in [-0.25, -0.2) is 4.39 Å². The molecule has 1 aromatic carbocycles. The van der Waals surface area contributed by atoms with Crippen molar-refractivity contribution in [3.05, 3.63) is 35.4 Å². The van der Waals surface area contributed by atoms with Crippen LogP contribution in [0.2, 0.25) is 0 Å². The van der Waals surface area contributed by atoms with Gasteiger partial charge in [-0.15, -0.1) is 0 Å². The third-order valence-electron chi connectivity index (χ3n) is 1.79. The van der Waals surface area contributed by atoms with Gasteiger partial charge in [0, 0.05) is 0 Å². The van der Waals surface area contributed by atoms with E-state index >= 15 is 0 Å². The highest BCUT2D eigenvalue weighted by atomic mass is 19.4. The van der Waals surface area contributed by atoms with E-state index in [4.69, 9.17) is 0 Å². The Balaban J connectivity index is 3.09. The van der Waals surface area contributed by atoms with E-state index in [1.165, 1.54) is 0 Å². The maximum Gasteiger partial charge on any atom is 0.423 e. The van der Waals surface area contributed by atoms with Gasteiger partial charge in [0.05, 0.1) is 5.56 Å². The molecule has 0 nitrogen and oxygen atoms in total. The highest BCUT2D eigenvalue weighted by Crippen LogP contribution is 2.38. The molecule has 0 radical (unpaired) electrons. The lowest BCUT2D eigenvalue weighted by Crippen LogP contribution is -2.17. The molecule has 0 aliphatic carbocycles. The van der Waals surface area contributed by atoms with Gasteiger partial charge in [0.2, 0.25) is 6.17 Å². The Kier molecular flexibility index (Phi) is 3.16. The first-order valence-corrected chi connectivity index (χ1v) is 4.00. The summed E-state index contributed by atoms with van der Waals surface area (Å²) >= 11 is 0. The molecule has 0 saturated heterocycles. The highest BCUT2D eigenvalue weighted by molar-refractivity contribution is 5.27. The minimum atomic E-state index is -5.20. The molecule has 7 heteroatoms. The van der Waals surface area contributed by atoms with Gasteiger partial charge in [0.1, 0.15) is 0 Å². The van der Waals surface area contributed by atoms with E-state index in [9.17, 15) is 30.7 Å². The third kappa shape index (κ3) is 2.86. The molecule has 1 rings (SSSR count). The van der Waals surface area contributed by atoms with Crippen LogP contribution in [0.25, 0.3) is 0 Å². The minimum absolute atomic E-state index is 0.151. The SMILES string of the molecule is FC(c1cccc(C(F)(F)F)c1)C(F)(F)F. The van der Waals surface area contributed by atoms with Crippen LogP contribution in [0.5, 0.6) is 0 Å². The van der Waals surface area contributed by atoms with Crippen molar-refractivity contribution in [1.29, 1.82) is 0 Å². The molecule has 16 heavy (non-hydrogen) atoms. The fraction of sp³-hybridized carbons (Fsp3) is 0.333. The van der Waals surface area contributed by atoms with Gasteiger partial charge in [0.15, 0.2) is 0 Å². The Hall–Kier alpha value is -1.27. The van der Waals surface area contributed by atoms with E-state index in [-0.39, 0.29) is 6.07 Å². The monoisotopic (exact) mass is 246 g/mol. The summed E-state index contributed by atoms with van der Waals surface area (Å²) in [6, 6.07) is 2.12. The van der Waals surface area contributed by atoms with Crippen molar-refractivity contribution < 1.29 is 30.7 Å². The number of alkyl halides is 7. The second-order valence-corrected chi connectivity index (χ2v) is 3.03. The standard InChI is InChI=1S/C9H5F7/c10-7(9(14,15)16)5-2-1-3-6(4-5)8(11,12)13/h1-4,7H. The van der Waals surface area contributed by atoms with Crippen molar-refractivity contribution >= 4 is 0 Å². The molecular weight excluding hydrogens is 241 g/mol. The van der Waals surface area contributed by atoms with Crippen LogP contribution in [-0.4, -0.2) is 6.18 Å². The van der Waals surface area contributed by atoms with Gasteiger partial charge in [0.25, 0.3) is 0 Å². The quantitative estimate of drug-likeness (QED) is 0.649. The van der Waals surface area contributed by atoms with Crippen molar-refractivity contribution in [2.45, 2.75) is 18.5 Å². The van der Waals surface area contributed by atoms with Crippen LogP contribution in [-0.2, 0) is 6.18 Å². The second-order valence-electron chi connectivity index (χ2n) is 3.03. The summed E-state index contributed by atoms with van der Waals surface area (Å²) in [4.78, 5) is 0. The summed E-state index contributed by atoms with van der Waals surface area (Å²) in [5.41, 5.74) is -2.36. The van der Waals surface area contributed by atoms with Gasteiger partial charge in [-0.2, -0.15) is 26.3 Å². The fourth-order valence-electron chi connectivity index (χ4n) is 1.06. The number of halogens is 7. The molecule has 0 aromatic heterocycles. The zero-order valence-corrected chi connectivity index (χ0v) is 7.53. The average molecular weight is 246 g/mol. The molecule has 1 atom stereocenters. The third-order valence-corrected chi connectivity index (χ3v) is 1.79. The molecule has 0 fully saturated rings. The maximum absolute atomic E-state index is 12.7. The molecule has 1 unspecified atom stereocenters. The van der Waals surface area contributed by atoms with Crippen LogP contribution in [0.4, 0.5) is 30.7 Å². The first-order valence-electron chi connectivity index (χ1n) is 4.00. The number of hydrogen-bond donors (Lipinski definition) is 0. The van der Waals surface area contributed by atoms with Crippen LogP contribution >= 0.6 is 0 Å². The summed E-state index contributed by atoms with van der Waals surface area (Å²) in [5, 5.41) is 0. The van der Waals surface area contributed by atoms with Crippen LogP contribution in [0, 0.1) is 0 Å². The summed E-state index contributed by atoms with van der Waals surface area (Å²) in [5.74, 6) is 0. The second kappa shape index (κ2) is 3.95. The normalized spacial score (nSPS) is 14.9. The smallest absolute Gasteiger partial charge is 0.232 e. The molecule has 0 N–H and O–H groups in total. The Labute approximate surface area is 85.7 Å². The van der Waals surface area contributed by atoms with E-state index in [1.54, 1.807) is 0 Å². The lowest BCUT2D eigenvalue weighted by atomic mass is 10.1. The van der Waals surface area contributed by atoms with Gasteiger partial charge < -0.3 is 0 Å². The van der Waals surface area contributed by atoms with E-state index in [0.29, 0.717) is 12.1 Å². The fourth-order valence-corrected chi connectivity index (χ4v) is 1.06. The van der Waals surface area contributed by atoms with Gasteiger partial charge in [-0.05, 0) is 17.7 Å². The summed E-state index contributed by atoms with van der Waals surface area (Å²) in [6.45, 7) is 0. The van der Waals surface area contributed by atoms with Crippen LogP contribution < -0.4 is 0 Å². The summed E-state index contributed by atoms with van der Waals surface area (Å²) in [7, 11) is 0. The van der Waals surface area contributed by atoms with Crippen LogP contribution in [0.3, 0.4) is 0 Å².